The lowest BCUT2D eigenvalue weighted by Gasteiger charge is -2.17. The second kappa shape index (κ2) is 6.70. The quantitative estimate of drug-likeness (QED) is 0.717. The number of thiophene rings is 1. The average molecular weight is 331 g/mol. The third-order valence-electron chi connectivity index (χ3n) is 3.35. The standard InChI is InChI=1S/C16H14FN3O2S/c1-20(12-6-3-2-5-11(12)17)15(21)9-8-14-18-16(19-22-14)13-7-4-10-23-13/h2-7,10H,8-9H2,1H3. The van der Waals surface area contributed by atoms with Gasteiger partial charge in [0.1, 0.15) is 5.82 Å². The van der Waals surface area contributed by atoms with E-state index in [9.17, 15) is 9.18 Å². The van der Waals surface area contributed by atoms with E-state index in [0.29, 0.717) is 18.1 Å². The topological polar surface area (TPSA) is 59.2 Å². The van der Waals surface area contributed by atoms with E-state index in [1.165, 1.54) is 22.3 Å². The average Bonchev–Trinajstić information content (AvgIpc) is 3.23. The van der Waals surface area contributed by atoms with Crippen LogP contribution < -0.4 is 4.90 Å². The van der Waals surface area contributed by atoms with Crippen LogP contribution in [0.4, 0.5) is 10.1 Å². The van der Waals surface area contributed by atoms with Crippen LogP contribution in [0.15, 0.2) is 46.3 Å². The van der Waals surface area contributed by atoms with Gasteiger partial charge in [0.2, 0.25) is 17.6 Å². The molecule has 1 amide bonds. The molecule has 2 aromatic heterocycles. The van der Waals surface area contributed by atoms with E-state index in [4.69, 9.17) is 4.52 Å². The molecule has 0 aliphatic rings. The molecular weight excluding hydrogens is 317 g/mol. The Morgan fingerprint density at radius 3 is 2.87 bits per heavy atom. The summed E-state index contributed by atoms with van der Waals surface area (Å²) in [6, 6.07) is 9.97. The van der Waals surface area contributed by atoms with E-state index in [0.717, 1.165) is 4.88 Å². The van der Waals surface area contributed by atoms with E-state index < -0.39 is 5.82 Å². The number of aryl methyl sites for hydroxylation is 1. The molecule has 0 N–H and O–H groups in total. The van der Waals surface area contributed by atoms with Crippen molar-refractivity contribution in [2.45, 2.75) is 12.8 Å². The number of hydrogen-bond donors (Lipinski definition) is 0. The summed E-state index contributed by atoms with van der Waals surface area (Å²) in [5.74, 6) is 0.265. The Labute approximate surface area is 136 Å². The first-order chi connectivity index (χ1) is 11.1. The lowest BCUT2D eigenvalue weighted by atomic mass is 10.2. The van der Waals surface area contributed by atoms with Crippen LogP contribution in [-0.2, 0) is 11.2 Å². The first-order valence-corrected chi connectivity index (χ1v) is 7.90. The molecule has 0 spiro atoms. The van der Waals surface area contributed by atoms with Gasteiger partial charge in [0, 0.05) is 19.9 Å². The second-order valence-electron chi connectivity index (χ2n) is 4.89. The molecule has 0 saturated heterocycles. The highest BCUT2D eigenvalue weighted by molar-refractivity contribution is 7.13. The van der Waals surface area contributed by atoms with Crippen LogP contribution in [0.25, 0.3) is 10.7 Å². The fourth-order valence-electron chi connectivity index (χ4n) is 2.10. The molecule has 2 heterocycles. The second-order valence-corrected chi connectivity index (χ2v) is 5.84. The summed E-state index contributed by atoms with van der Waals surface area (Å²) in [6.07, 6.45) is 0.479. The number of halogens is 1. The van der Waals surface area contributed by atoms with Crippen LogP contribution in [0.1, 0.15) is 12.3 Å². The van der Waals surface area contributed by atoms with E-state index in [1.807, 2.05) is 17.5 Å². The van der Waals surface area contributed by atoms with Crippen molar-refractivity contribution in [3.05, 3.63) is 53.5 Å². The molecule has 3 rings (SSSR count). The number of nitrogens with zero attached hydrogens (tertiary/aromatic N) is 3. The Morgan fingerprint density at radius 1 is 1.30 bits per heavy atom. The summed E-state index contributed by atoms with van der Waals surface area (Å²) in [7, 11) is 1.55. The number of aromatic nitrogens is 2. The molecule has 0 aliphatic carbocycles. The lowest BCUT2D eigenvalue weighted by Crippen LogP contribution is -2.27. The number of hydrogen-bond acceptors (Lipinski definition) is 5. The minimum Gasteiger partial charge on any atom is -0.339 e. The molecule has 0 unspecified atom stereocenters. The maximum Gasteiger partial charge on any atom is 0.227 e. The molecule has 7 heteroatoms. The van der Waals surface area contributed by atoms with Gasteiger partial charge in [-0.2, -0.15) is 4.98 Å². The maximum atomic E-state index is 13.7. The number of carbonyl (C=O) groups excluding carboxylic acids is 1. The minimum absolute atomic E-state index is 0.164. The Hall–Kier alpha value is -2.54. The number of anilines is 1. The number of rotatable bonds is 5. The van der Waals surface area contributed by atoms with Gasteiger partial charge in [-0.1, -0.05) is 23.4 Å². The van der Waals surface area contributed by atoms with Crippen LogP contribution >= 0.6 is 11.3 Å². The molecule has 0 fully saturated rings. The van der Waals surface area contributed by atoms with Crippen LogP contribution in [-0.4, -0.2) is 23.1 Å². The zero-order valence-corrected chi connectivity index (χ0v) is 13.2. The van der Waals surface area contributed by atoms with Crippen molar-refractivity contribution < 1.29 is 13.7 Å². The van der Waals surface area contributed by atoms with E-state index >= 15 is 0 Å². The Kier molecular flexibility index (Phi) is 4.47. The molecular formula is C16H14FN3O2S. The van der Waals surface area contributed by atoms with Crippen molar-refractivity contribution in [1.29, 1.82) is 0 Å². The summed E-state index contributed by atoms with van der Waals surface area (Å²) >= 11 is 1.52. The molecule has 5 nitrogen and oxygen atoms in total. The van der Waals surface area contributed by atoms with Gasteiger partial charge in [-0.3, -0.25) is 4.79 Å². The van der Waals surface area contributed by atoms with Crippen molar-refractivity contribution in [2.24, 2.45) is 0 Å². The van der Waals surface area contributed by atoms with Gasteiger partial charge in [0.25, 0.3) is 0 Å². The van der Waals surface area contributed by atoms with Crippen molar-refractivity contribution in [3.8, 4) is 10.7 Å². The number of carbonyl (C=O) groups is 1. The highest BCUT2D eigenvalue weighted by Crippen LogP contribution is 2.22. The predicted octanol–water partition coefficient (Wildman–Crippen LogP) is 3.53. The number of benzene rings is 1. The van der Waals surface area contributed by atoms with E-state index in [-0.39, 0.29) is 18.0 Å². The molecule has 0 atom stereocenters. The fraction of sp³-hybridized carbons (Fsp3) is 0.188. The zero-order valence-electron chi connectivity index (χ0n) is 12.4. The van der Waals surface area contributed by atoms with Crippen molar-refractivity contribution in [2.75, 3.05) is 11.9 Å². The first-order valence-electron chi connectivity index (χ1n) is 7.02. The predicted molar refractivity (Wildman–Crippen MR) is 85.7 cm³/mol. The first kappa shape index (κ1) is 15.4. The van der Waals surface area contributed by atoms with Crippen molar-refractivity contribution in [1.82, 2.24) is 10.1 Å². The SMILES string of the molecule is CN(C(=O)CCc1nc(-c2cccs2)no1)c1ccccc1F. The zero-order chi connectivity index (χ0) is 16.2. The van der Waals surface area contributed by atoms with Crippen LogP contribution in [0.3, 0.4) is 0 Å². The molecule has 23 heavy (non-hydrogen) atoms. The third-order valence-corrected chi connectivity index (χ3v) is 4.22. The van der Waals surface area contributed by atoms with Gasteiger partial charge in [-0.05, 0) is 23.6 Å². The number of para-hydroxylation sites is 1. The Balaban J connectivity index is 1.62. The molecule has 3 aromatic rings. The molecule has 0 radical (unpaired) electrons. The van der Waals surface area contributed by atoms with Crippen molar-refractivity contribution in [3.63, 3.8) is 0 Å². The lowest BCUT2D eigenvalue weighted by molar-refractivity contribution is -0.118. The fourth-order valence-corrected chi connectivity index (χ4v) is 2.75. The van der Waals surface area contributed by atoms with Crippen LogP contribution in [0.5, 0.6) is 0 Å². The molecule has 118 valence electrons. The molecule has 0 saturated carbocycles. The maximum absolute atomic E-state index is 13.7. The Morgan fingerprint density at radius 2 is 2.13 bits per heavy atom. The third kappa shape index (κ3) is 3.45. The number of amides is 1. The van der Waals surface area contributed by atoms with Gasteiger partial charge in [0.05, 0.1) is 10.6 Å². The normalized spacial score (nSPS) is 10.7. The summed E-state index contributed by atoms with van der Waals surface area (Å²) in [6.45, 7) is 0. The van der Waals surface area contributed by atoms with Gasteiger partial charge >= 0.3 is 0 Å². The molecule has 0 aliphatic heterocycles. The van der Waals surface area contributed by atoms with Crippen LogP contribution in [0, 0.1) is 5.82 Å². The molecule has 1 aromatic carbocycles. The summed E-state index contributed by atoms with van der Waals surface area (Å²) in [4.78, 5) is 18.6. The van der Waals surface area contributed by atoms with E-state index in [2.05, 4.69) is 10.1 Å². The van der Waals surface area contributed by atoms with Gasteiger partial charge in [0.15, 0.2) is 0 Å². The Bertz CT molecular complexity index is 801. The molecule has 0 bridgehead atoms. The smallest absolute Gasteiger partial charge is 0.227 e. The monoisotopic (exact) mass is 331 g/mol. The van der Waals surface area contributed by atoms with Gasteiger partial charge in [-0.15, -0.1) is 11.3 Å². The minimum atomic E-state index is -0.430. The van der Waals surface area contributed by atoms with Gasteiger partial charge in [-0.25, -0.2) is 4.39 Å². The summed E-state index contributed by atoms with van der Waals surface area (Å²) < 4.78 is 18.8. The summed E-state index contributed by atoms with van der Waals surface area (Å²) in [5, 5.41) is 5.82. The largest absolute Gasteiger partial charge is 0.339 e. The van der Waals surface area contributed by atoms with E-state index in [1.54, 1.807) is 25.2 Å². The highest BCUT2D eigenvalue weighted by Gasteiger charge is 2.16. The van der Waals surface area contributed by atoms with Crippen molar-refractivity contribution >= 4 is 22.9 Å². The van der Waals surface area contributed by atoms with Gasteiger partial charge < -0.3 is 9.42 Å². The van der Waals surface area contributed by atoms with Crippen LogP contribution in [0.2, 0.25) is 0 Å². The highest BCUT2D eigenvalue weighted by atomic mass is 32.1. The summed E-state index contributed by atoms with van der Waals surface area (Å²) in [5.41, 5.74) is 0.252.